The van der Waals surface area contributed by atoms with Crippen LogP contribution in [0.4, 0.5) is 11.6 Å². The molecule has 0 aliphatic carbocycles. The number of aryl methyl sites for hydroxylation is 1. The highest BCUT2D eigenvalue weighted by molar-refractivity contribution is 5.48. The van der Waals surface area contributed by atoms with Crippen molar-refractivity contribution in [2.75, 3.05) is 17.2 Å². The summed E-state index contributed by atoms with van der Waals surface area (Å²) in [4.78, 5) is 9.12. The lowest BCUT2D eigenvalue weighted by molar-refractivity contribution is 0.775. The number of aromatic nitrogens is 2. The largest absolute Gasteiger partial charge is 0.370 e. The van der Waals surface area contributed by atoms with Crippen LogP contribution in [0.1, 0.15) is 43.6 Å². The van der Waals surface area contributed by atoms with Crippen molar-refractivity contribution in [2.24, 2.45) is 0 Å². The van der Waals surface area contributed by atoms with E-state index in [-0.39, 0.29) is 0 Å². The summed E-state index contributed by atoms with van der Waals surface area (Å²) in [5, 5.41) is 6.65. The van der Waals surface area contributed by atoms with Gasteiger partial charge in [0.1, 0.15) is 17.5 Å². The molecule has 21 heavy (non-hydrogen) atoms. The second-order valence-corrected chi connectivity index (χ2v) is 5.52. The summed E-state index contributed by atoms with van der Waals surface area (Å²) < 4.78 is 0. The van der Waals surface area contributed by atoms with Gasteiger partial charge in [-0.2, -0.15) is 0 Å². The van der Waals surface area contributed by atoms with E-state index in [1.54, 1.807) is 0 Å². The predicted molar refractivity (Wildman–Crippen MR) is 88.8 cm³/mol. The molecule has 112 valence electrons. The third kappa shape index (κ3) is 4.45. The minimum atomic E-state index is 0.308. The highest BCUT2D eigenvalue weighted by Crippen LogP contribution is 2.17. The summed E-state index contributed by atoms with van der Waals surface area (Å²) in [6, 6.07) is 10.5. The third-order valence-corrected chi connectivity index (χ3v) is 3.17. The van der Waals surface area contributed by atoms with Gasteiger partial charge in [0, 0.05) is 25.1 Å². The van der Waals surface area contributed by atoms with Crippen molar-refractivity contribution >= 4 is 11.6 Å². The van der Waals surface area contributed by atoms with Gasteiger partial charge in [0.05, 0.1) is 0 Å². The molecule has 0 unspecified atom stereocenters. The Morgan fingerprint density at radius 1 is 1.05 bits per heavy atom. The molecule has 0 spiro atoms. The van der Waals surface area contributed by atoms with Crippen LogP contribution in [0.5, 0.6) is 0 Å². The Balaban J connectivity index is 2.14. The van der Waals surface area contributed by atoms with Crippen molar-refractivity contribution in [1.82, 2.24) is 9.97 Å². The van der Waals surface area contributed by atoms with E-state index in [0.29, 0.717) is 5.92 Å². The fourth-order valence-corrected chi connectivity index (χ4v) is 2.10. The number of rotatable bonds is 6. The average molecular weight is 284 g/mol. The first-order chi connectivity index (χ1) is 10.1. The number of hydrogen-bond donors (Lipinski definition) is 2. The molecule has 1 heterocycles. The van der Waals surface area contributed by atoms with Gasteiger partial charge in [0.2, 0.25) is 0 Å². The van der Waals surface area contributed by atoms with Crippen LogP contribution >= 0.6 is 0 Å². The lowest BCUT2D eigenvalue weighted by Crippen LogP contribution is -2.09. The van der Waals surface area contributed by atoms with Gasteiger partial charge in [-0.05, 0) is 19.4 Å². The Bertz CT molecular complexity index is 593. The number of nitrogens with one attached hydrogen (secondary N) is 2. The van der Waals surface area contributed by atoms with Gasteiger partial charge in [-0.1, -0.05) is 43.7 Å². The first-order valence-electron chi connectivity index (χ1n) is 7.50. The van der Waals surface area contributed by atoms with E-state index in [1.165, 1.54) is 11.1 Å². The number of benzene rings is 1. The quantitative estimate of drug-likeness (QED) is 0.843. The summed E-state index contributed by atoms with van der Waals surface area (Å²) in [7, 11) is 0. The average Bonchev–Trinajstić information content (AvgIpc) is 2.45. The van der Waals surface area contributed by atoms with Crippen molar-refractivity contribution in [3.05, 3.63) is 47.3 Å². The molecule has 0 saturated heterocycles. The molecule has 4 heteroatoms. The Morgan fingerprint density at radius 2 is 1.76 bits per heavy atom. The zero-order chi connectivity index (χ0) is 15.2. The summed E-state index contributed by atoms with van der Waals surface area (Å²) in [5.41, 5.74) is 2.53. The van der Waals surface area contributed by atoms with E-state index in [9.17, 15) is 0 Å². The lowest BCUT2D eigenvalue weighted by Gasteiger charge is -2.12. The van der Waals surface area contributed by atoms with Crippen LogP contribution in [-0.2, 0) is 6.54 Å². The van der Waals surface area contributed by atoms with Crippen LogP contribution < -0.4 is 10.6 Å². The maximum absolute atomic E-state index is 4.59. The minimum Gasteiger partial charge on any atom is -0.370 e. The standard InChI is InChI=1S/C17H24N4/c1-5-18-15-10-16(21-17(20-15)12(2)3)19-11-14-8-6-7-13(4)9-14/h6-10,12H,5,11H2,1-4H3,(H2,18,19,20,21). The molecule has 0 bridgehead atoms. The molecular weight excluding hydrogens is 260 g/mol. The van der Waals surface area contributed by atoms with Crippen LogP contribution in [0.2, 0.25) is 0 Å². The highest BCUT2D eigenvalue weighted by Gasteiger charge is 2.07. The zero-order valence-corrected chi connectivity index (χ0v) is 13.3. The van der Waals surface area contributed by atoms with Crippen LogP contribution in [-0.4, -0.2) is 16.5 Å². The first kappa shape index (κ1) is 15.3. The van der Waals surface area contributed by atoms with Gasteiger partial charge >= 0.3 is 0 Å². The monoisotopic (exact) mass is 284 g/mol. The molecule has 2 rings (SSSR count). The summed E-state index contributed by atoms with van der Waals surface area (Å²) in [6.45, 7) is 10.0. The van der Waals surface area contributed by atoms with Crippen molar-refractivity contribution in [2.45, 2.75) is 40.2 Å². The molecule has 2 aromatic rings. The third-order valence-electron chi connectivity index (χ3n) is 3.17. The van der Waals surface area contributed by atoms with Gasteiger partial charge < -0.3 is 10.6 Å². The van der Waals surface area contributed by atoms with Gasteiger partial charge in [-0.15, -0.1) is 0 Å². The van der Waals surface area contributed by atoms with Crippen molar-refractivity contribution in [1.29, 1.82) is 0 Å². The van der Waals surface area contributed by atoms with Crippen LogP contribution in [0.3, 0.4) is 0 Å². The molecule has 0 amide bonds. The molecule has 0 radical (unpaired) electrons. The van der Waals surface area contributed by atoms with E-state index < -0.39 is 0 Å². The van der Waals surface area contributed by atoms with Crippen molar-refractivity contribution in [3.8, 4) is 0 Å². The molecule has 1 aromatic heterocycles. The Morgan fingerprint density at radius 3 is 2.38 bits per heavy atom. The lowest BCUT2D eigenvalue weighted by atomic mass is 10.1. The van der Waals surface area contributed by atoms with E-state index in [2.05, 4.69) is 72.6 Å². The molecule has 0 atom stereocenters. The summed E-state index contributed by atoms with van der Waals surface area (Å²) in [6.07, 6.45) is 0. The predicted octanol–water partition coefficient (Wildman–Crippen LogP) is 3.95. The SMILES string of the molecule is CCNc1cc(NCc2cccc(C)c2)nc(C(C)C)n1. The van der Waals surface area contributed by atoms with E-state index in [0.717, 1.165) is 30.5 Å². The van der Waals surface area contributed by atoms with Gasteiger partial charge in [-0.3, -0.25) is 0 Å². The zero-order valence-electron chi connectivity index (χ0n) is 13.3. The van der Waals surface area contributed by atoms with E-state index in [1.807, 2.05) is 6.07 Å². The van der Waals surface area contributed by atoms with Crippen LogP contribution in [0, 0.1) is 6.92 Å². The van der Waals surface area contributed by atoms with Crippen molar-refractivity contribution < 1.29 is 0 Å². The van der Waals surface area contributed by atoms with Gasteiger partial charge in [0.25, 0.3) is 0 Å². The molecule has 0 saturated carbocycles. The number of nitrogens with zero attached hydrogens (tertiary/aromatic N) is 2. The van der Waals surface area contributed by atoms with Crippen LogP contribution in [0.15, 0.2) is 30.3 Å². The number of anilines is 2. The highest BCUT2D eigenvalue weighted by atomic mass is 15.1. The second-order valence-electron chi connectivity index (χ2n) is 5.52. The fraction of sp³-hybridized carbons (Fsp3) is 0.412. The molecule has 4 nitrogen and oxygen atoms in total. The minimum absolute atomic E-state index is 0.308. The second kappa shape index (κ2) is 7.07. The van der Waals surface area contributed by atoms with Gasteiger partial charge in [0.15, 0.2) is 0 Å². The van der Waals surface area contributed by atoms with E-state index >= 15 is 0 Å². The Hall–Kier alpha value is -2.10. The molecule has 0 aliphatic heterocycles. The smallest absolute Gasteiger partial charge is 0.135 e. The number of hydrogen-bond acceptors (Lipinski definition) is 4. The maximum Gasteiger partial charge on any atom is 0.135 e. The Labute approximate surface area is 127 Å². The van der Waals surface area contributed by atoms with Gasteiger partial charge in [-0.25, -0.2) is 9.97 Å². The molecule has 1 aromatic carbocycles. The summed E-state index contributed by atoms with van der Waals surface area (Å²) >= 11 is 0. The Kier molecular flexibility index (Phi) is 5.14. The van der Waals surface area contributed by atoms with Crippen LogP contribution in [0.25, 0.3) is 0 Å². The molecule has 2 N–H and O–H groups in total. The first-order valence-corrected chi connectivity index (χ1v) is 7.50. The normalized spacial score (nSPS) is 10.7. The molecule has 0 aliphatic rings. The molecule has 0 fully saturated rings. The van der Waals surface area contributed by atoms with E-state index in [4.69, 9.17) is 0 Å². The maximum atomic E-state index is 4.59. The summed E-state index contributed by atoms with van der Waals surface area (Å²) in [5.74, 6) is 2.91. The fourth-order valence-electron chi connectivity index (χ4n) is 2.10. The topological polar surface area (TPSA) is 49.8 Å². The molecular formula is C17H24N4. The van der Waals surface area contributed by atoms with Crippen molar-refractivity contribution in [3.63, 3.8) is 0 Å².